The van der Waals surface area contributed by atoms with Crippen LogP contribution in [0.1, 0.15) is 37.6 Å². The van der Waals surface area contributed by atoms with Crippen LogP contribution in [0.25, 0.3) is 16.6 Å². The second kappa shape index (κ2) is 11.5. The van der Waals surface area contributed by atoms with Crippen molar-refractivity contribution in [1.29, 1.82) is 10.5 Å². The molecule has 9 nitrogen and oxygen atoms in total. The Kier molecular flexibility index (Phi) is 7.73. The van der Waals surface area contributed by atoms with E-state index in [0.717, 1.165) is 16.5 Å². The number of aromatic nitrogens is 1. The maximum absolute atomic E-state index is 14.1. The lowest BCUT2D eigenvalue weighted by molar-refractivity contribution is -0.130. The predicted octanol–water partition coefficient (Wildman–Crippen LogP) is 4.17. The van der Waals surface area contributed by atoms with Crippen molar-refractivity contribution in [2.75, 3.05) is 11.4 Å². The minimum atomic E-state index is -0.919. The monoisotopic (exact) mass is 546 g/mol. The third-order valence-electron chi connectivity index (χ3n) is 7.32. The number of nitriles is 2. The van der Waals surface area contributed by atoms with Gasteiger partial charge in [-0.3, -0.25) is 14.2 Å². The first-order valence-corrected chi connectivity index (χ1v) is 13.5. The predicted molar refractivity (Wildman–Crippen MR) is 155 cm³/mol. The summed E-state index contributed by atoms with van der Waals surface area (Å²) in [5.74, 6) is -0.0536. The number of hydrogen-bond acceptors (Lipinski definition) is 6. The Balaban J connectivity index is 1.59. The van der Waals surface area contributed by atoms with Crippen molar-refractivity contribution in [3.05, 3.63) is 89.6 Å². The maximum atomic E-state index is 14.1. The van der Waals surface area contributed by atoms with Crippen molar-refractivity contribution in [1.82, 2.24) is 15.2 Å². The average molecular weight is 547 g/mol. The summed E-state index contributed by atoms with van der Waals surface area (Å²) < 4.78 is 7.95. The number of likely N-dealkylation sites (N-methyl/N-ethyl adjacent to an activating group) is 1. The number of nitrogens with zero attached hydrogens (tertiary/aromatic N) is 4. The zero-order chi connectivity index (χ0) is 29.1. The highest BCUT2D eigenvalue weighted by Gasteiger charge is 2.38. The SMILES string of the molecule is CCNC(C)C(=O)NC1C(=O)N(Cc2cccc3c2cc(C#N)n3-c2ccccc2C#N)c2ccccc2OC1C. The Labute approximate surface area is 238 Å². The summed E-state index contributed by atoms with van der Waals surface area (Å²) in [6.07, 6.45) is -0.615. The van der Waals surface area contributed by atoms with Gasteiger partial charge >= 0.3 is 0 Å². The molecule has 9 heteroatoms. The van der Waals surface area contributed by atoms with E-state index in [1.165, 1.54) is 0 Å². The lowest BCUT2D eigenvalue weighted by atomic mass is 10.1. The van der Waals surface area contributed by atoms with E-state index in [0.29, 0.717) is 34.9 Å². The number of amides is 2. The molecule has 0 bridgehead atoms. The Morgan fingerprint density at radius 2 is 1.76 bits per heavy atom. The summed E-state index contributed by atoms with van der Waals surface area (Å²) in [6.45, 7) is 6.22. The largest absolute Gasteiger partial charge is 0.486 e. The molecular weight excluding hydrogens is 516 g/mol. The van der Waals surface area contributed by atoms with Gasteiger partial charge in [-0.05, 0) is 62.4 Å². The number of hydrogen-bond donors (Lipinski definition) is 2. The second-order valence-corrected chi connectivity index (χ2v) is 9.94. The fourth-order valence-electron chi connectivity index (χ4n) is 5.26. The Hall–Kier alpha value is -5.12. The van der Waals surface area contributed by atoms with Gasteiger partial charge in [0.1, 0.15) is 35.7 Å². The molecule has 0 saturated carbocycles. The first-order chi connectivity index (χ1) is 19.9. The number of nitrogens with one attached hydrogen (secondary N) is 2. The molecule has 2 heterocycles. The topological polar surface area (TPSA) is 123 Å². The Bertz CT molecular complexity index is 1710. The molecule has 1 aromatic heterocycles. The van der Waals surface area contributed by atoms with Crippen LogP contribution < -0.4 is 20.3 Å². The van der Waals surface area contributed by atoms with Gasteiger partial charge in [-0.15, -0.1) is 0 Å². The fraction of sp³-hybridized carbons (Fsp3) is 0.250. The quantitative estimate of drug-likeness (QED) is 0.359. The van der Waals surface area contributed by atoms with E-state index >= 15 is 0 Å². The number of anilines is 1. The standard InChI is InChI=1S/C32H30N6O3/c1-4-35-20(2)31(39)36-30-21(3)41-29-15-8-7-13-28(29)37(32(30)40)19-23-11-9-14-27-25(23)16-24(18-34)38(27)26-12-6-5-10-22(26)17-33/h5-16,20-21,30,35H,4,19H2,1-3H3,(H,36,39). The molecule has 2 N–H and O–H groups in total. The molecule has 2 amide bonds. The van der Waals surface area contributed by atoms with Crippen LogP contribution in [0, 0.1) is 22.7 Å². The molecule has 3 aromatic carbocycles. The van der Waals surface area contributed by atoms with E-state index in [9.17, 15) is 20.1 Å². The summed E-state index contributed by atoms with van der Waals surface area (Å²) in [5.41, 5.74) is 3.56. The Morgan fingerprint density at radius 1 is 1.02 bits per heavy atom. The molecule has 0 saturated heterocycles. The van der Waals surface area contributed by atoms with Gasteiger partial charge < -0.3 is 20.3 Å². The minimum Gasteiger partial charge on any atom is -0.486 e. The number of carbonyl (C=O) groups excluding carboxylic acids is 2. The van der Waals surface area contributed by atoms with Gasteiger partial charge in [-0.25, -0.2) is 0 Å². The minimum absolute atomic E-state index is 0.174. The fourth-order valence-corrected chi connectivity index (χ4v) is 5.26. The van der Waals surface area contributed by atoms with Gasteiger partial charge in [0, 0.05) is 5.39 Å². The summed E-state index contributed by atoms with van der Waals surface area (Å²) in [7, 11) is 0. The first kappa shape index (κ1) is 27.4. The maximum Gasteiger partial charge on any atom is 0.253 e. The molecule has 0 spiro atoms. The molecule has 0 radical (unpaired) electrons. The second-order valence-electron chi connectivity index (χ2n) is 9.94. The van der Waals surface area contributed by atoms with Crippen molar-refractivity contribution >= 4 is 28.4 Å². The molecule has 3 atom stereocenters. The number of ether oxygens (including phenoxy) is 1. The normalized spacial score (nSPS) is 17.1. The molecule has 5 rings (SSSR count). The zero-order valence-electron chi connectivity index (χ0n) is 23.1. The van der Waals surface area contributed by atoms with Crippen LogP contribution in [0.2, 0.25) is 0 Å². The van der Waals surface area contributed by atoms with Crippen molar-refractivity contribution in [2.24, 2.45) is 0 Å². The zero-order valence-corrected chi connectivity index (χ0v) is 23.1. The van der Waals surface area contributed by atoms with Gasteiger partial charge in [0.15, 0.2) is 0 Å². The summed E-state index contributed by atoms with van der Waals surface area (Å²) >= 11 is 0. The molecule has 0 aliphatic carbocycles. The van der Waals surface area contributed by atoms with E-state index in [4.69, 9.17) is 4.74 Å². The lowest BCUT2D eigenvalue weighted by Gasteiger charge is -2.27. The Morgan fingerprint density at radius 3 is 2.49 bits per heavy atom. The van der Waals surface area contributed by atoms with Crippen LogP contribution in [0.3, 0.4) is 0 Å². The van der Waals surface area contributed by atoms with Crippen molar-refractivity contribution in [3.63, 3.8) is 0 Å². The highest BCUT2D eigenvalue weighted by Crippen LogP contribution is 2.36. The molecular formula is C32H30N6O3. The van der Waals surface area contributed by atoms with E-state index in [1.807, 2.05) is 49.4 Å². The molecule has 1 aliphatic heterocycles. The molecule has 41 heavy (non-hydrogen) atoms. The van der Waals surface area contributed by atoms with Gasteiger partial charge in [-0.1, -0.05) is 43.3 Å². The number of fused-ring (bicyclic) bond motifs is 2. The van der Waals surface area contributed by atoms with Gasteiger partial charge in [0.05, 0.1) is 35.0 Å². The number of para-hydroxylation sites is 3. The number of benzene rings is 3. The third kappa shape index (κ3) is 5.11. The van der Waals surface area contributed by atoms with Crippen LogP contribution in [-0.4, -0.2) is 41.1 Å². The van der Waals surface area contributed by atoms with Crippen LogP contribution in [0.5, 0.6) is 5.75 Å². The van der Waals surface area contributed by atoms with Crippen LogP contribution in [0.4, 0.5) is 5.69 Å². The van der Waals surface area contributed by atoms with E-state index in [1.54, 1.807) is 53.6 Å². The van der Waals surface area contributed by atoms with Gasteiger partial charge in [0.2, 0.25) is 5.91 Å². The summed E-state index contributed by atoms with van der Waals surface area (Å²) in [6, 6.07) is 25.0. The number of carbonyl (C=O) groups is 2. The molecule has 206 valence electrons. The van der Waals surface area contributed by atoms with Crippen molar-refractivity contribution < 1.29 is 14.3 Å². The molecule has 4 aromatic rings. The molecule has 3 unspecified atom stereocenters. The first-order valence-electron chi connectivity index (χ1n) is 13.5. The van der Waals surface area contributed by atoms with Gasteiger partial charge in [-0.2, -0.15) is 10.5 Å². The van der Waals surface area contributed by atoms with Crippen LogP contribution in [-0.2, 0) is 16.1 Å². The van der Waals surface area contributed by atoms with E-state index in [2.05, 4.69) is 22.8 Å². The lowest BCUT2D eigenvalue weighted by Crippen LogP contribution is -2.57. The highest BCUT2D eigenvalue weighted by atomic mass is 16.5. The van der Waals surface area contributed by atoms with Crippen LogP contribution in [0.15, 0.2) is 72.8 Å². The summed E-state index contributed by atoms with van der Waals surface area (Å²) in [4.78, 5) is 28.7. The number of rotatable bonds is 7. The van der Waals surface area contributed by atoms with Crippen LogP contribution >= 0.6 is 0 Å². The van der Waals surface area contributed by atoms with Crippen molar-refractivity contribution in [3.8, 4) is 23.6 Å². The van der Waals surface area contributed by atoms with Crippen molar-refractivity contribution in [2.45, 2.75) is 45.5 Å². The molecule has 0 fully saturated rings. The average Bonchev–Trinajstić information content (AvgIpc) is 3.34. The smallest absolute Gasteiger partial charge is 0.253 e. The highest BCUT2D eigenvalue weighted by molar-refractivity contribution is 6.02. The van der Waals surface area contributed by atoms with E-state index < -0.39 is 18.2 Å². The third-order valence-corrected chi connectivity index (χ3v) is 7.32. The van der Waals surface area contributed by atoms with E-state index in [-0.39, 0.29) is 18.4 Å². The molecule has 1 aliphatic rings. The van der Waals surface area contributed by atoms with Gasteiger partial charge in [0.25, 0.3) is 5.91 Å². The summed E-state index contributed by atoms with van der Waals surface area (Å²) in [5, 5.41) is 26.5.